The van der Waals surface area contributed by atoms with Crippen LogP contribution in [0.1, 0.15) is 47.7 Å². The number of methoxy groups -OCH3 is 1. The molecule has 2 aliphatic rings. The van der Waals surface area contributed by atoms with E-state index in [2.05, 4.69) is 76.3 Å². The van der Waals surface area contributed by atoms with Crippen molar-refractivity contribution < 1.29 is 14.3 Å². The second kappa shape index (κ2) is 9.72. The summed E-state index contributed by atoms with van der Waals surface area (Å²) in [5.41, 5.74) is 14.3. The van der Waals surface area contributed by atoms with Crippen molar-refractivity contribution >= 4 is 29.4 Å². The molecule has 3 N–H and O–H groups in total. The van der Waals surface area contributed by atoms with Gasteiger partial charge in [-0.05, 0) is 60.2 Å². The number of aliphatic imine (C=N–C) groups is 1. The number of carbonyl (C=O) groups is 1. The van der Waals surface area contributed by atoms with Crippen LogP contribution in [0.3, 0.4) is 0 Å². The summed E-state index contributed by atoms with van der Waals surface area (Å²) in [6, 6.07) is 10.5. The molecular weight excluding hydrogens is 468 g/mol. The molecule has 2 aliphatic heterocycles. The molecule has 0 saturated heterocycles. The molecule has 2 aromatic carbocycles. The van der Waals surface area contributed by atoms with Crippen molar-refractivity contribution in [2.24, 2.45) is 4.99 Å². The highest BCUT2D eigenvalue weighted by molar-refractivity contribution is 6.01. The van der Waals surface area contributed by atoms with E-state index in [-0.39, 0.29) is 11.9 Å². The van der Waals surface area contributed by atoms with Crippen molar-refractivity contribution in [3.05, 3.63) is 58.3 Å². The van der Waals surface area contributed by atoms with Gasteiger partial charge in [-0.3, -0.25) is 5.32 Å². The van der Waals surface area contributed by atoms with Gasteiger partial charge >= 0.3 is 6.09 Å². The van der Waals surface area contributed by atoms with Gasteiger partial charge in [-0.1, -0.05) is 26.0 Å². The summed E-state index contributed by atoms with van der Waals surface area (Å²) in [6.07, 6.45) is 0.0510. The van der Waals surface area contributed by atoms with Crippen LogP contribution in [0.2, 0.25) is 0 Å². The molecule has 5 rings (SSSR count). The summed E-state index contributed by atoms with van der Waals surface area (Å²) >= 11 is 0. The maximum absolute atomic E-state index is 11.6. The lowest BCUT2D eigenvalue weighted by atomic mass is 9.97. The molecule has 0 saturated carbocycles. The topological polar surface area (TPSA) is 115 Å². The van der Waals surface area contributed by atoms with Crippen molar-refractivity contribution in [1.29, 1.82) is 0 Å². The van der Waals surface area contributed by atoms with Crippen molar-refractivity contribution in [2.75, 3.05) is 30.9 Å². The first-order valence-corrected chi connectivity index (χ1v) is 12.4. The fourth-order valence-electron chi connectivity index (χ4n) is 5.17. The summed E-state index contributed by atoms with van der Waals surface area (Å²) in [4.78, 5) is 27.5. The highest BCUT2D eigenvalue weighted by atomic mass is 16.5. The molecule has 0 aliphatic carbocycles. The van der Waals surface area contributed by atoms with E-state index in [9.17, 15) is 4.79 Å². The molecule has 0 bridgehead atoms. The molecule has 0 fully saturated rings. The molecule has 1 amide bonds. The molecule has 37 heavy (non-hydrogen) atoms. The molecule has 9 heteroatoms. The third-order valence-corrected chi connectivity index (χ3v) is 6.79. The number of amidine groups is 1. The molecule has 192 valence electrons. The van der Waals surface area contributed by atoms with Crippen LogP contribution in [0, 0.1) is 13.8 Å². The quantitative estimate of drug-likeness (QED) is 0.530. The minimum absolute atomic E-state index is 0.262. The number of fused-ring (bicyclic) bond motifs is 2. The number of hydrogen-bond acceptors (Lipinski definition) is 8. The normalized spacial score (nSPS) is 14.4. The standard InChI is InChI=1S/C28H32N6O3/c1-15(2)24-17(4)30-27(29)33-26(24)34-8-9-37-25-16(3)10-20(11-21(25)14-34)18-6-7-19-13-23(31-22(19)12-18)32-28(35)36-5/h6-7,10-12,15H,8-9,13-14H2,1-5H3,(H2,29,30,33)(H,31,32,35). The van der Waals surface area contributed by atoms with Gasteiger partial charge < -0.3 is 20.1 Å². The average molecular weight is 501 g/mol. The van der Waals surface area contributed by atoms with Crippen molar-refractivity contribution in [3.8, 4) is 16.9 Å². The number of amides is 1. The second-order valence-electron chi connectivity index (χ2n) is 9.81. The van der Waals surface area contributed by atoms with Crippen molar-refractivity contribution in [1.82, 2.24) is 15.3 Å². The third kappa shape index (κ3) is 4.81. The Morgan fingerprint density at radius 3 is 2.70 bits per heavy atom. The summed E-state index contributed by atoms with van der Waals surface area (Å²) in [5.74, 6) is 2.92. The monoisotopic (exact) mass is 500 g/mol. The van der Waals surface area contributed by atoms with Crippen LogP contribution in [-0.2, 0) is 17.7 Å². The molecular formula is C28H32N6O3. The Morgan fingerprint density at radius 1 is 1.14 bits per heavy atom. The first-order chi connectivity index (χ1) is 17.7. The Bertz CT molecular complexity index is 1420. The highest BCUT2D eigenvalue weighted by Gasteiger charge is 2.25. The number of carbonyl (C=O) groups excluding carboxylic acids is 1. The SMILES string of the molecule is COC(=O)NC1=Nc2cc(-c3cc(C)c4c(c3)CN(c3nc(N)nc(C)c3C(C)C)CCO4)ccc2C1. The van der Waals surface area contributed by atoms with E-state index in [4.69, 9.17) is 15.2 Å². The number of benzene rings is 2. The highest BCUT2D eigenvalue weighted by Crippen LogP contribution is 2.38. The Balaban J connectivity index is 1.50. The fourth-order valence-corrected chi connectivity index (χ4v) is 5.17. The minimum atomic E-state index is -0.515. The van der Waals surface area contributed by atoms with Crippen LogP contribution < -0.4 is 20.7 Å². The molecule has 9 nitrogen and oxygen atoms in total. The average Bonchev–Trinajstić information content (AvgIpc) is 3.11. The molecule has 0 radical (unpaired) electrons. The van der Waals surface area contributed by atoms with Crippen molar-refractivity contribution in [2.45, 2.75) is 46.6 Å². The van der Waals surface area contributed by atoms with Crippen LogP contribution in [0.5, 0.6) is 5.75 Å². The van der Waals surface area contributed by atoms with Crippen LogP contribution in [0.15, 0.2) is 35.3 Å². The number of nitrogen functional groups attached to an aromatic ring is 1. The van der Waals surface area contributed by atoms with Crippen LogP contribution in [-0.4, -0.2) is 42.2 Å². The van der Waals surface area contributed by atoms with Crippen LogP contribution >= 0.6 is 0 Å². The van der Waals surface area contributed by atoms with Gasteiger partial charge in [-0.25, -0.2) is 14.8 Å². The fraction of sp³-hybridized carbons (Fsp3) is 0.357. The number of nitrogens with one attached hydrogen (secondary N) is 1. The number of rotatable bonds is 3. The minimum Gasteiger partial charge on any atom is -0.491 e. The van der Waals surface area contributed by atoms with E-state index in [1.807, 2.05) is 6.92 Å². The maximum Gasteiger partial charge on any atom is 0.412 e. The Kier molecular flexibility index (Phi) is 6.45. The van der Waals surface area contributed by atoms with Gasteiger partial charge in [0.2, 0.25) is 5.95 Å². The second-order valence-corrected chi connectivity index (χ2v) is 9.81. The third-order valence-electron chi connectivity index (χ3n) is 6.79. The van der Waals surface area contributed by atoms with E-state index in [0.29, 0.717) is 32.0 Å². The molecule has 0 unspecified atom stereocenters. The number of nitrogens with zero attached hydrogens (tertiary/aromatic N) is 4. The van der Waals surface area contributed by atoms with Gasteiger partial charge in [0.1, 0.15) is 24.0 Å². The summed E-state index contributed by atoms with van der Waals surface area (Å²) in [5, 5.41) is 2.68. The zero-order chi connectivity index (χ0) is 26.3. The maximum atomic E-state index is 11.6. The van der Waals surface area contributed by atoms with Crippen molar-refractivity contribution in [3.63, 3.8) is 0 Å². The number of nitrogens with two attached hydrogens (primary N) is 1. The molecule has 3 aromatic rings. The Morgan fingerprint density at radius 2 is 1.95 bits per heavy atom. The van der Waals surface area contributed by atoms with Gasteiger partial charge in [-0.2, -0.15) is 4.98 Å². The zero-order valence-electron chi connectivity index (χ0n) is 21.9. The summed E-state index contributed by atoms with van der Waals surface area (Å²) in [7, 11) is 1.34. The van der Waals surface area contributed by atoms with E-state index in [0.717, 1.165) is 56.3 Å². The molecule has 0 atom stereocenters. The van der Waals surface area contributed by atoms with Gasteiger partial charge in [0.05, 0.1) is 19.3 Å². The lowest BCUT2D eigenvalue weighted by Gasteiger charge is -2.26. The lowest BCUT2D eigenvalue weighted by Crippen LogP contribution is -2.30. The Labute approximate surface area is 216 Å². The summed E-state index contributed by atoms with van der Waals surface area (Å²) in [6.45, 7) is 10.3. The number of alkyl carbamates (subject to hydrolysis) is 1. The first kappa shape index (κ1) is 24.5. The van der Waals surface area contributed by atoms with Gasteiger partial charge in [0.15, 0.2) is 0 Å². The van der Waals surface area contributed by atoms with E-state index >= 15 is 0 Å². The zero-order valence-corrected chi connectivity index (χ0v) is 21.9. The van der Waals surface area contributed by atoms with Gasteiger partial charge in [0, 0.05) is 29.8 Å². The van der Waals surface area contributed by atoms with E-state index in [1.54, 1.807) is 0 Å². The van der Waals surface area contributed by atoms with E-state index in [1.165, 1.54) is 7.11 Å². The largest absolute Gasteiger partial charge is 0.491 e. The number of ether oxygens (including phenoxy) is 2. The number of aromatic nitrogens is 2. The van der Waals surface area contributed by atoms with E-state index < -0.39 is 6.09 Å². The number of aryl methyl sites for hydroxylation is 2. The number of anilines is 2. The molecule has 3 heterocycles. The lowest BCUT2D eigenvalue weighted by molar-refractivity contribution is 0.176. The van der Waals surface area contributed by atoms with Crippen LogP contribution in [0.4, 0.5) is 22.2 Å². The predicted octanol–water partition coefficient (Wildman–Crippen LogP) is 4.81. The smallest absolute Gasteiger partial charge is 0.412 e. The molecule has 1 aromatic heterocycles. The summed E-state index contributed by atoms with van der Waals surface area (Å²) < 4.78 is 10.9. The van der Waals surface area contributed by atoms with Crippen LogP contribution in [0.25, 0.3) is 11.1 Å². The predicted molar refractivity (Wildman–Crippen MR) is 145 cm³/mol. The van der Waals surface area contributed by atoms with Gasteiger partial charge in [-0.15, -0.1) is 0 Å². The Hall–Kier alpha value is -4.14. The first-order valence-electron chi connectivity index (χ1n) is 12.4. The van der Waals surface area contributed by atoms with Gasteiger partial charge in [0.25, 0.3) is 0 Å². The number of hydrogen-bond donors (Lipinski definition) is 2. The molecule has 0 spiro atoms.